The zero-order valence-corrected chi connectivity index (χ0v) is 11.0. The highest BCUT2D eigenvalue weighted by atomic mass is 16.5. The highest BCUT2D eigenvalue weighted by molar-refractivity contribution is 5.76. The Labute approximate surface area is 108 Å². The van der Waals surface area contributed by atoms with Crippen LogP contribution in [0.5, 0.6) is 5.75 Å². The number of rotatable bonds is 9. The van der Waals surface area contributed by atoms with Crippen LogP contribution in [-0.4, -0.2) is 39.3 Å². The molecule has 0 radical (unpaired) electrons. The fourth-order valence-electron chi connectivity index (χ4n) is 1.41. The summed E-state index contributed by atoms with van der Waals surface area (Å²) in [6.07, 6.45) is 0.901. The van der Waals surface area contributed by atoms with Crippen molar-refractivity contribution in [2.45, 2.75) is 13.3 Å². The topological polar surface area (TPSA) is 44.8 Å². The molecule has 1 aromatic carbocycles. The van der Waals surface area contributed by atoms with Gasteiger partial charge in [0, 0.05) is 7.11 Å². The van der Waals surface area contributed by atoms with Crippen LogP contribution in [-0.2, 0) is 20.7 Å². The molecule has 0 saturated heterocycles. The molecular weight excluding hydrogens is 232 g/mol. The van der Waals surface area contributed by atoms with Crippen molar-refractivity contribution in [2.24, 2.45) is 0 Å². The van der Waals surface area contributed by atoms with Crippen LogP contribution in [0.2, 0.25) is 0 Å². The molecule has 0 fully saturated rings. The third kappa shape index (κ3) is 6.37. The smallest absolute Gasteiger partial charge is 0.155 e. The van der Waals surface area contributed by atoms with Gasteiger partial charge >= 0.3 is 0 Å². The van der Waals surface area contributed by atoms with Crippen LogP contribution >= 0.6 is 0 Å². The van der Waals surface area contributed by atoms with E-state index < -0.39 is 0 Å². The highest BCUT2D eigenvalue weighted by Crippen LogP contribution is 2.12. The first-order chi connectivity index (χ1) is 8.72. The van der Waals surface area contributed by atoms with Crippen molar-refractivity contribution in [1.82, 2.24) is 0 Å². The number of methoxy groups -OCH3 is 1. The van der Waals surface area contributed by atoms with Crippen LogP contribution in [0.1, 0.15) is 12.5 Å². The van der Waals surface area contributed by atoms with Gasteiger partial charge in [0.2, 0.25) is 0 Å². The molecule has 4 nitrogen and oxygen atoms in total. The number of benzene rings is 1. The Kier molecular flexibility index (Phi) is 7.06. The first kappa shape index (κ1) is 14.7. The maximum atomic E-state index is 10.6. The summed E-state index contributed by atoms with van der Waals surface area (Å²) in [5, 5.41) is 0. The Morgan fingerprint density at radius 3 is 2.44 bits per heavy atom. The van der Waals surface area contributed by atoms with Gasteiger partial charge in [-0.3, -0.25) is 4.79 Å². The third-order valence-corrected chi connectivity index (χ3v) is 2.32. The summed E-state index contributed by atoms with van der Waals surface area (Å²) < 4.78 is 15.6. The van der Waals surface area contributed by atoms with Crippen LogP contribution < -0.4 is 4.74 Å². The maximum absolute atomic E-state index is 10.6. The van der Waals surface area contributed by atoms with Gasteiger partial charge in [-0.05, 0) is 31.0 Å². The van der Waals surface area contributed by atoms with E-state index in [1.807, 2.05) is 24.3 Å². The van der Waals surface area contributed by atoms with E-state index in [1.165, 1.54) is 12.5 Å². The second-order valence-corrected chi connectivity index (χ2v) is 3.99. The Hall–Kier alpha value is -1.39. The molecular formula is C14H20O4. The molecule has 1 aromatic rings. The average Bonchev–Trinajstić information content (AvgIpc) is 2.37. The summed E-state index contributed by atoms with van der Waals surface area (Å²) in [5.41, 5.74) is 1.22. The van der Waals surface area contributed by atoms with Crippen molar-refractivity contribution < 1.29 is 19.0 Å². The van der Waals surface area contributed by atoms with Crippen molar-refractivity contribution in [1.29, 1.82) is 0 Å². The summed E-state index contributed by atoms with van der Waals surface area (Å²) >= 11 is 0. The largest absolute Gasteiger partial charge is 0.491 e. The van der Waals surface area contributed by atoms with Gasteiger partial charge in [-0.1, -0.05) is 12.1 Å². The monoisotopic (exact) mass is 252 g/mol. The molecule has 0 aliphatic rings. The average molecular weight is 252 g/mol. The van der Waals surface area contributed by atoms with Crippen LogP contribution in [0.25, 0.3) is 0 Å². The molecule has 4 heteroatoms. The normalized spacial score (nSPS) is 10.3. The number of Topliss-reactive ketones (excluding diaryl/α,β-unsaturated/α-hetero) is 1. The lowest BCUT2D eigenvalue weighted by Gasteiger charge is -2.07. The van der Waals surface area contributed by atoms with Crippen LogP contribution in [0.3, 0.4) is 0 Å². The zero-order chi connectivity index (χ0) is 13.2. The minimum Gasteiger partial charge on any atom is -0.491 e. The Balaban J connectivity index is 2.20. The molecule has 0 N–H and O–H groups in total. The van der Waals surface area contributed by atoms with Crippen LogP contribution in [0, 0.1) is 0 Å². The summed E-state index contributed by atoms with van der Waals surface area (Å²) in [5.74, 6) is 0.833. The van der Waals surface area contributed by atoms with E-state index in [0.29, 0.717) is 13.2 Å². The van der Waals surface area contributed by atoms with Gasteiger partial charge < -0.3 is 14.2 Å². The molecule has 0 aromatic heterocycles. The minimum absolute atomic E-state index is 0.0255. The molecule has 0 saturated carbocycles. The van der Waals surface area contributed by atoms with Gasteiger partial charge in [0.25, 0.3) is 0 Å². The fourth-order valence-corrected chi connectivity index (χ4v) is 1.41. The zero-order valence-electron chi connectivity index (χ0n) is 11.0. The first-order valence-electron chi connectivity index (χ1n) is 6.00. The Morgan fingerprint density at radius 2 is 1.83 bits per heavy atom. The van der Waals surface area contributed by atoms with E-state index in [1.54, 1.807) is 7.11 Å². The summed E-state index contributed by atoms with van der Waals surface area (Å²) in [6.45, 7) is 3.24. The lowest BCUT2D eigenvalue weighted by molar-refractivity contribution is -0.121. The molecule has 0 aliphatic carbocycles. The maximum Gasteiger partial charge on any atom is 0.155 e. The Morgan fingerprint density at radius 1 is 1.11 bits per heavy atom. The number of carbonyl (C=O) groups is 1. The second-order valence-electron chi connectivity index (χ2n) is 3.99. The second kappa shape index (κ2) is 8.66. The van der Waals surface area contributed by atoms with E-state index >= 15 is 0 Å². The molecule has 0 heterocycles. The van der Waals surface area contributed by atoms with E-state index in [0.717, 1.165) is 18.8 Å². The lowest BCUT2D eigenvalue weighted by atomic mass is 10.1. The number of hydrogen-bond acceptors (Lipinski definition) is 4. The standard InChI is InChI=1S/C14H20O4/c1-12(15)11-17-9-10-18-14-5-3-13(4-6-14)7-8-16-2/h3-6H,7-11H2,1-2H3. The van der Waals surface area contributed by atoms with Crippen LogP contribution in [0.15, 0.2) is 24.3 Å². The predicted molar refractivity (Wildman–Crippen MR) is 69.0 cm³/mol. The Bertz CT molecular complexity index is 345. The van der Waals surface area contributed by atoms with Crippen molar-refractivity contribution in [3.8, 4) is 5.75 Å². The van der Waals surface area contributed by atoms with Gasteiger partial charge in [0.05, 0.1) is 13.2 Å². The van der Waals surface area contributed by atoms with E-state index in [-0.39, 0.29) is 12.4 Å². The molecule has 0 spiro atoms. The van der Waals surface area contributed by atoms with E-state index in [9.17, 15) is 4.79 Å². The summed E-state index contributed by atoms with van der Waals surface area (Å²) in [7, 11) is 1.69. The number of ketones is 1. The van der Waals surface area contributed by atoms with Gasteiger partial charge in [-0.25, -0.2) is 0 Å². The number of carbonyl (C=O) groups excluding carboxylic acids is 1. The number of hydrogen-bond donors (Lipinski definition) is 0. The molecule has 100 valence electrons. The van der Waals surface area contributed by atoms with Crippen LogP contribution in [0.4, 0.5) is 0 Å². The van der Waals surface area contributed by atoms with Crippen molar-refractivity contribution in [2.75, 3.05) is 33.5 Å². The molecule has 18 heavy (non-hydrogen) atoms. The number of ether oxygens (including phenoxy) is 3. The third-order valence-electron chi connectivity index (χ3n) is 2.32. The van der Waals surface area contributed by atoms with Gasteiger partial charge in [-0.2, -0.15) is 0 Å². The first-order valence-corrected chi connectivity index (χ1v) is 6.00. The molecule has 0 unspecified atom stereocenters. The van der Waals surface area contributed by atoms with Gasteiger partial charge in [-0.15, -0.1) is 0 Å². The fraction of sp³-hybridized carbons (Fsp3) is 0.500. The predicted octanol–water partition coefficient (Wildman–Crippen LogP) is 1.86. The highest BCUT2D eigenvalue weighted by Gasteiger charge is 1.97. The van der Waals surface area contributed by atoms with Crippen molar-refractivity contribution in [3.05, 3.63) is 29.8 Å². The van der Waals surface area contributed by atoms with Crippen molar-refractivity contribution in [3.63, 3.8) is 0 Å². The molecule has 0 amide bonds. The SMILES string of the molecule is COCCc1ccc(OCCOCC(C)=O)cc1. The lowest BCUT2D eigenvalue weighted by Crippen LogP contribution is -2.11. The van der Waals surface area contributed by atoms with Gasteiger partial charge in [0.1, 0.15) is 19.0 Å². The van der Waals surface area contributed by atoms with E-state index in [2.05, 4.69) is 0 Å². The van der Waals surface area contributed by atoms with Gasteiger partial charge in [0.15, 0.2) is 5.78 Å². The summed E-state index contributed by atoms with van der Waals surface area (Å²) in [6, 6.07) is 7.89. The quantitative estimate of drug-likeness (QED) is 0.629. The molecule has 1 rings (SSSR count). The molecule has 0 atom stereocenters. The minimum atomic E-state index is 0.0255. The summed E-state index contributed by atoms with van der Waals surface area (Å²) in [4.78, 5) is 10.6. The van der Waals surface area contributed by atoms with E-state index in [4.69, 9.17) is 14.2 Å². The molecule has 0 bridgehead atoms. The molecule has 0 aliphatic heterocycles. The van der Waals surface area contributed by atoms with Crippen molar-refractivity contribution >= 4 is 5.78 Å².